The van der Waals surface area contributed by atoms with Crippen molar-refractivity contribution in [3.05, 3.63) is 12.8 Å². The molecule has 0 aromatic carbocycles. The van der Waals surface area contributed by atoms with Crippen LogP contribution < -0.4 is 0 Å². The van der Waals surface area contributed by atoms with E-state index in [1.54, 1.807) is 0 Å². The molecule has 6 heteroatoms. The zero-order valence-electron chi connectivity index (χ0n) is 6.36. The second kappa shape index (κ2) is 4.89. The third-order valence-electron chi connectivity index (χ3n) is 0.990. The first-order chi connectivity index (χ1) is 5.45. The van der Waals surface area contributed by atoms with Crippen LogP contribution in [-0.4, -0.2) is 24.7 Å². The molecule has 0 aliphatic heterocycles. The van der Waals surface area contributed by atoms with Crippen molar-refractivity contribution in [1.82, 2.24) is 0 Å². The van der Waals surface area contributed by atoms with Crippen molar-refractivity contribution < 1.29 is 22.5 Å². The topological polar surface area (TPSA) is 83.5 Å². The van der Waals surface area contributed by atoms with Crippen LogP contribution in [0.3, 0.4) is 0 Å². The Morgan fingerprint density at radius 3 is 2.58 bits per heavy atom. The fourth-order valence-electron chi connectivity index (χ4n) is 0.545. The highest BCUT2D eigenvalue weighted by Crippen LogP contribution is 1.96. The van der Waals surface area contributed by atoms with Crippen molar-refractivity contribution in [2.24, 2.45) is 0 Å². The van der Waals surface area contributed by atoms with Crippen molar-refractivity contribution in [1.29, 1.82) is 0 Å². The fraction of sp³-hybridized carbons (Fsp3) is 0.500. The maximum atomic E-state index is 10.5. The molecular formula is C6H9O5S-. The Balaban J connectivity index is 3.57. The molecule has 0 amide bonds. The van der Waals surface area contributed by atoms with Gasteiger partial charge in [0.15, 0.2) is 0 Å². The second-order valence-corrected chi connectivity index (χ2v) is 3.55. The molecule has 0 atom stereocenters. The van der Waals surface area contributed by atoms with Crippen LogP contribution >= 0.6 is 0 Å². The lowest BCUT2D eigenvalue weighted by atomic mass is 10.3. The minimum Gasteiger partial charge on any atom is -0.748 e. The third-order valence-corrected chi connectivity index (χ3v) is 1.78. The van der Waals surface area contributed by atoms with E-state index in [9.17, 15) is 17.8 Å². The molecule has 0 radical (unpaired) electrons. The molecule has 0 N–H and O–H groups in total. The van der Waals surface area contributed by atoms with E-state index in [4.69, 9.17) is 0 Å². The highest BCUT2D eigenvalue weighted by atomic mass is 32.2. The quantitative estimate of drug-likeness (QED) is 0.348. The average molecular weight is 193 g/mol. The van der Waals surface area contributed by atoms with Crippen LogP contribution in [0.2, 0.25) is 0 Å². The van der Waals surface area contributed by atoms with E-state index in [0.29, 0.717) is 0 Å². The van der Waals surface area contributed by atoms with Crippen molar-refractivity contribution in [3.63, 3.8) is 0 Å². The van der Waals surface area contributed by atoms with Gasteiger partial charge in [-0.15, -0.1) is 0 Å². The molecule has 0 aromatic heterocycles. The van der Waals surface area contributed by atoms with Crippen molar-refractivity contribution in [2.45, 2.75) is 12.8 Å². The summed E-state index contributed by atoms with van der Waals surface area (Å²) in [6, 6.07) is 0. The predicted molar refractivity (Wildman–Crippen MR) is 40.1 cm³/mol. The molecule has 0 fully saturated rings. The van der Waals surface area contributed by atoms with E-state index in [2.05, 4.69) is 11.3 Å². The van der Waals surface area contributed by atoms with Gasteiger partial charge >= 0.3 is 5.97 Å². The Morgan fingerprint density at radius 1 is 1.58 bits per heavy atom. The van der Waals surface area contributed by atoms with Crippen LogP contribution in [0.5, 0.6) is 0 Å². The summed E-state index contributed by atoms with van der Waals surface area (Å²) in [6.07, 6.45) is 0.847. The fourth-order valence-corrected chi connectivity index (χ4v) is 1.04. The van der Waals surface area contributed by atoms with Gasteiger partial charge in [-0.3, -0.25) is 4.79 Å². The van der Waals surface area contributed by atoms with Crippen molar-refractivity contribution in [2.75, 3.05) is 5.75 Å². The van der Waals surface area contributed by atoms with Crippen LogP contribution in [-0.2, 0) is 19.6 Å². The van der Waals surface area contributed by atoms with Crippen LogP contribution in [0.4, 0.5) is 0 Å². The molecule has 0 aromatic rings. The Morgan fingerprint density at radius 2 is 2.17 bits per heavy atom. The van der Waals surface area contributed by atoms with Crippen LogP contribution in [0.15, 0.2) is 12.8 Å². The maximum absolute atomic E-state index is 10.5. The molecule has 0 saturated heterocycles. The first-order valence-corrected chi connectivity index (χ1v) is 4.77. The van der Waals surface area contributed by atoms with Crippen molar-refractivity contribution >= 4 is 16.1 Å². The maximum Gasteiger partial charge on any atom is 0.310 e. The summed E-state index contributed by atoms with van der Waals surface area (Å²) in [6.45, 7) is 3.13. The number of carbonyl (C=O) groups is 1. The van der Waals surface area contributed by atoms with Gasteiger partial charge in [0.25, 0.3) is 0 Å². The highest BCUT2D eigenvalue weighted by Gasteiger charge is 2.02. The molecule has 12 heavy (non-hydrogen) atoms. The number of rotatable bonds is 5. The number of hydrogen-bond donors (Lipinski definition) is 0. The molecule has 70 valence electrons. The van der Waals surface area contributed by atoms with Gasteiger partial charge < -0.3 is 9.29 Å². The highest BCUT2D eigenvalue weighted by molar-refractivity contribution is 7.85. The van der Waals surface area contributed by atoms with E-state index in [1.165, 1.54) is 0 Å². The summed E-state index contributed by atoms with van der Waals surface area (Å²) in [4.78, 5) is 10.5. The molecule has 5 nitrogen and oxygen atoms in total. The number of carbonyl (C=O) groups excluding carboxylic acids is 1. The first-order valence-electron chi connectivity index (χ1n) is 3.19. The Kier molecular flexibility index (Phi) is 4.53. The normalized spacial score (nSPS) is 10.8. The van der Waals surface area contributed by atoms with E-state index in [1.807, 2.05) is 0 Å². The Bertz CT molecular complexity index is 253. The van der Waals surface area contributed by atoms with Gasteiger partial charge in [-0.2, -0.15) is 0 Å². The van der Waals surface area contributed by atoms with E-state index in [0.717, 1.165) is 6.26 Å². The molecule has 0 rings (SSSR count). The number of hydrogen-bond acceptors (Lipinski definition) is 5. The van der Waals surface area contributed by atoms with Gasteiger partial charge in [0.1, 0.15) is 0 Å². The summed E-state index contributed by atoms with van der Waals surface area (Å²) >= 11 is 0. The minimum atomic E-state index is -4.22. The lowest BCUT2D eigenvalue weighted by Crippen LogP contribution is -2.07. The zero-order chi connectivity index (χ0) is 9.61. The third kappa shape index (κ3) is 7.23. The predicted octanol–water partition coefficient (Wildman–Crippen LogP) is -0.00150. The minimum absolute atomic E-state index is 0.0154. The average Bonchev–Trinajstić information content (AvgIpc) is 1.84. The lowest BCUT2D eigenvalue weighted by Gasteiger charge is -2.04. The molecule has 0 unspecified atom stereocenters. The molecular weight excluding hydrogens is 184 g/mol. The Hall–Kier alpha value is -0.880. The smallest absolute Gasteiger partial charge is 0.310 e. The van der Waals surface area contributed by atoms with Gasteiger partial charge in [-0.05, 0) is 6.42 Å². The number of ether oxygens (including phenoxy) is 1. The summed E-state index contributed by atoms with van der Waals surface area (Å²) in [7, 11) is -4.22. The molecule has 0 saturated carbocycles. The monoisotopic (exact) mass is 193 g/mol. The van der Waals surface area contributed by atoms with E-state index >= 15 is 0 Å². The van der Waals surface area contributed by atoms with Gasteiger partial charge in [0.05, 0.1) is 16.4 Å². The molecule has 0 spiro atoms. The summed E-state index contributed by atoms with van der Waals surface area (Å²) < 4.78 is 34.4. The lowest BCUT2D eigenvalue weighted by molar-refractivity contribution is -0.137. The molecule has 0 aliphatic rings. The van der Waals surface area contributed by atoms with Crippen LogP contribution in [0.25, 0.3) is 0 Å². The van der Waals surface area contributed by atoms with Crippen LogP contribution in [0.1, 0.15) is 12.8 Å². The number of esters is 1. The summed E-state index contributed by atoms with van der Waals surface area (Å²) in [5, 5.41) is 0. The molecule has 0 bridgehead atoms. The molecule has 0 aliphatic carbocycles. The van der Waals surface area contributed by atoms with Gasteiger partial charge in [0.2, 0.25) is 0 Å². The van der Waals surface area contributed by atoms with E-state index < -0.39 is 21.8 Å². The molecule has 0 heterocycles. The first kappa shape index (κ1) is 11.1. The summed E-state index contributed by atoms with van der Waals surface area (Å²) in [5.74, 6) is -1.13. The van der Waals surface area contributed by atoms with E-state index in [-0.39, 0.29) is 12.8 Å². The van der Waals surface area contributed by atoms with Gasteiger partial charge in [-0.25, -0.2) is 8.42 Å². The second-order valence-electron chi connectivity index (χ2n) is 2.02. The van der Waals surface area contributed by atoms with Gasteiger partial charge in [-0.1, -0.05) is 6.58 Å². The van der Waals surface area contributed by atoms with Gasteiger partial charge in [0, 0.05) is 12.2 Å². The standard InChI is InChI=1S/C6H10O5S/c1-2-11-6(7)4-3-5-12(8,9)10/h2H,1,3-5H2,(H,8,9,10)/p-1. The Labute approximate surface area is 70.8 Å². The SMILES string of the molecule is C=COC(=O)CCCS(=O)(=O)[O-]. The summed E-state index contributed by atoms with van der Waals surface area (Å²) in [5.41, 5.74) is 0. The van der Waals surface area contributed by atoms with Crippen LogP contribution in [0, 0.1) is 0 Å². The van der Waals surface area contributed by atoms with Crippen molar-refractivity contribution in [3.8, 4) is 0 Å². The largest absolute Gasteiger partial charge is 0.748 e. The zero-order valence-corrected chi connectivity index (χ0v) is 7.17.